The van der Waals surface area contributed by atoms with E-state index >= 15 is 0 Å². The monoisotopic (exact) mass is 212 g/mol. The molecule has 3 heteroatoms. The van der Waals surface area contributed by atoms with E-state index in [1.54, 1.807) is 0 Å². The van der Waals surface area contributed by atoms with Gasteiger partial charge in [-0.25, -0.2) is 0 Å². The van der Waals surface area contributed by atoms with Crippen LogP contribution in [0.4, 0.5) is 0 Å². The highest BCUT2D eigenvalue weighted by Gasteiger charge is 2.22. The number of likely N-dealkylation sites (tertiary alicyclic amines) is 1. The Morgan fingerprint density at radius 1 is 1.64 bits per heavy atom. The van der Waals surface area contributed by atoms with Gasteiger partial charge in [-0.3, -0.25) is 0 Å². The van der Waals surface area contributed by atoms with E-state index in [2.05, 4.69) is 23.7 Å². The highest BCUT2D eigenvalue weighted by molar-refractivity contribution is 7.80. The van der Waals surface area contributed by atoms with Crippen molar-refractivity contribution in [3.8, 4) is 0 Å². The van der Waals surface area contributed by atoms with Crippen LogP contribution in [0.15, 0.2) is 12.7 Å². The Labute approximate surface area is 92.4 Å². The predicted molar refractivity (Wildman–Crippen MR) is 65.4 cm³/mol. The Morgan fingerprint density at radius 2 is 2.43 bits per heavy atom. The fraction of sp³-hybridized carbons (Fsp3) is 0.727. The van der Waals surface area contributed by atoms with Crippen molar-refractivity contribution < 1.29 is 0 Å². The Morgan fingerprint density at radius 3 is 3.07 bits per heavy atom. The van der Waals surface area contributed by atoms with Crippen molar-refractivity contribution in [3.05, 3.63) is 12.7 Å². The molecule has 2 nitrogen and oxygen atoms in total. The Kier molecular flexibility index (Phi) is 4.94. The summed E-state index contributed by atoms with van der Waals surface area (Å²) in [6.07, 6.45) is 6.94. The molecule has 0 spiro atoms. The third-order valence-corrected chi connectivity index (χ3v) is 3.14. The molecule has 1 aliphatic rings. The number of nitrogens with one attached hydrogen (secondary N) is 1. The minimum Gasteiger partial charge on any atom is -0.359 e. The van der Waals surface area contributed by atoms with Crippen LogP contribution in [0.25, 0.3) is 0 Å². The molecular weight excluding hydrogens is 192 g/mol. The average molecular weight is 212 g/mol. The molecule has 1 rings (SSSR count). The Balaban J connectivity index is 2.45. The number of nitrogens with zero attached hydrogens (tertiary/aromatic N) is 1. The van der Waals surface area contributed by atoms with Gasteiger partial charge < -0.3 is 10.2 Å². The van der Waals surface area contributed by atoms with E-state index in [1.165, 1.54) is 25.7 Å². The van der Waals surface area contributed by atoms with Gasteiger partial charge in [-0.1, -0.05) is 13.0 Å². The van der Waals surface area contributed by atoms with Gasteiger partial charge in [0, 0.05) is 19.1 Å². The highest BCUT2D eigenvalue weighted by Crippen LogP contribution is 2.19. The largest absolute Gasteiger partial charge is 0.359 e. The standard InChI is InChI=1S/C11H20N2S/c1-3-8-12-11(14)13-9-6-5-7-10(13)4-2/h3,10H,1,4-9H2,2H3,(H,12,14). The fourth-order valence-electron chi connectivity index (χ4n) is 1.95. The average Bonchev–Trinajstić information content (AvgIpc) is 2.25. The summed E-state index contributed by atoms with van der Waals surface area (Å²) >= 11 is 5.35. The lowest BCUT2D eigenvalue weighted by molar-refractivity contribution is 0.234. The van der Waals surface area contributed by atoms with Gasteiger partial charge >= 0.3 is 0 Å². The number of rotatable bonds is 3. The third kappa shape index (κ3) is 2.98. The summed E-state index contributed by atoms with van der Waals surface area (Å²) in [5, 5.41) is 4.11. The summed E-state index contributed by atoms with van der Waals surface area (Å²) in [5.74, 6) is 0. The molecule has 1 unspecified atom stereocenters. The van der Waals surface area contributed by atoms with Gasteiger partial charge in [0.2, 0.25) is 0 Å². The van der Waals surface area contributed by atoms with Gasteiger partial charge in [0.1, 0.15) is 0 Å². The lowest BCUT2D eigenvalue weighted by atomic mass is 10.0. The first-order valence-corrected chi connectivity index (χ1v) is 5.85. The molecule has 14 heavy (non-hydrogen) atoms. The van der Waals surface area contributed by atoms with E-state index in [1.807, 2.05) is 6.08 Å². The minimum atomic E-state index is 0.647. The molecule has 0 saturated carbocycles. The molecule has 1 heterocycles. The Hall–Kier alpha value is -0.570. The molecule has 0 amide bonds. The highest BCUT2D eigenvalue weighted by atomic mass is 32.1. The Bertz CT molecular complexity index is 203. The van der Waals surface area contributed by atoms with Gasteiger partial charge in [-0.2, -0.15) is 0 Å². The SMILES string of the molecule is C=CCNC(=S)N1CCCCC1CC. The number of hydrogen-bond acceptors (Lipinski definition) is 1. The van der Waals surface area contributed by atoms with Crippen LogP contribution < -0.4 is 5.32 Å². The van der Waals surface area contributed by atoms with Crippen molar-refractivity contribution in [2.75, 3.05) is 13.1 Å². The molecule has 1 fully saturated rings. The van der Waals surface area contributed by atoms with E-state index in [-0.39, 0.29) is 0 Å². The van der Waals surface area contributed by atoms with Crippen molar-refractivity contribution in [1.29, 1.82) is 0 Å². The maximum atomic E-state index is 5.35. The van der Waals surface area contributed by atoms with Crippen LogP contribution in [0.2, 0.25) is 0 Å². The van der Waals surface area contributed by atoms with E-state index in [0.29, 0.717) is 6.04 Å². The van der Waals surface area contributed by atoms with Crippen LogP contribution in [-0.2, 0) is 0 Å². The number of piperidine rings is 1. The van der Waals surface area contributed by atoms with E-state index < -0.39 is 0 Å². The second-order valence-corrected chi connectivity index (χ2v) is 4.11. The van der Waals surface area contributed by atoms with E-state index in [4.69, 9.17) is 12.2 Å². The number of thiocarbonyl (C=S) groups is 1. The van der Waals surface area contributed by atoms with Crippen LogP contribution >= 0.6 is 12.2 Å². The summed E-state index contributed by atoms with van der Waals surface area (Å²) < 4.78 is 0. The predicted octanol–water partition coefficient (Wildman–Crippen LogP) is 2.31. The topological polar surface area (TPSA) is 15.3 Å². The summed E-state index contributed by atoms with van der Waals surface area (Å²) in [6.45, 7) is 7.79. The molecule has 1 atom stereocenters. The molecule has 0 aromatic heterocycles. The van der Waals surface area contributed by atoms with Crippen LogP contribution in [0.3, 0.4) is 0 Å². The van der Waals surface area contributed by atoms with Crippen LogP contribution in [0.1, 0.15) is 32.6 Å². The second-order valence-electron chi connectivity index (χ2n) is 3.73. The van der Waals surface area contributed by atoms with Gasteiger partial charge in [-0.05, 0) is 37.9 Å². The quantitative estimate of drug-likeness (QED) is 0.571. The zero-order valence-corrected chi connectivity index (χ0v) is 9.78. The molecular formula is C11H20N2S. The first-order chi connectivity index (χ1) is 6.79. The van der Waals surface area contributed by atoms with E-state index in [9.17, 15) is 0 Å². The van der Waals surface area contributed by atoms with Gasteiger partial charge in [-0.15, -0.1) is 6.58 Å². The van der Waals surface area contributed by atoms with Crippen LogP contribution in [0.5, 0.6) is 0 Å². The third-order valence-electron chi connectivity index (χ3n) is 2.76. The lowest BCUT2D eigenvalue weighted by Crippen LogP contribution is -2.48. The minimum absolute atomic E-state index is 0.647. The first kappa shape index (κ1) is 11.5. The molecule has 0 aromatic carbocycles. The summed E-state index contributed by atoms with van der Waals surface area (Å²) in [4.78, 5) is 2.34. The van der Waals surface area contributed by atoms with Crippen molar-refractivity contribution in [3.63, 3.8) is 0 Å². The molecule has 1 saturated heterocycles. The van der Waals surface area contributed by atoms with Gasteiger partial charge in [0.15, 0.2) is 5.11 Å². The summed E-state index contributed by atoms with van der Waals surface area (Å²) in [5.41, 5.74) is 0. The number of hydrogen-bond donors (Lipinski definition) is 1. The molecule has 0 bridgehead atoms. The smallest absolute Gasteiger partial charge is 0.169 e. The van der Waals surface area contributed by atoms with Crippen molar-refractivity contribution in [1.82, 2.24) is 10.2 Å². The van der Waals surface area contributed by atoms with Crippen molar-refractivity contribution in [2.45, 2.75) is 38.6 Å². The lowest BCUT2D eigenvalue weighted by Gasteiger charge is -2.37. The zero-order chi connectivity index (χ0) is 10.4. The molecule has 0 aromatic rings. The maximum Gasteiger partial charge on any atom is 0.169 e. The second kappa shape index (κ2) is 6.02. The first-order valence-electron chi connectivity index (χ1n) is 5.45. The van der Waals surface area contributed by atoms with E-state index in [0.717, 1.165) is 18.2 Å². The van der Waals surface area contributed by atoms with Crippen LogP contribution in [0, 0.1) is 0 Å². The maximum absolute atomic E-state index is 5.35. The van der Waals surface area contributed by atoms with Crippen LogP contribution in [-0.4, -0.2) is 29.1 Å². The molecule has 1 aliphatic heterocycles. The van der Waals surface area contributed by atoms with Crippen molar-refractivity contribution >= 4 is 17.3 Å². The zero-order valence-electron chi connectivity index (χ0n) is 8.96. The summed E-state index contributed by atoms with van der Waals surface area (Å²) in [7, 11) is 0. The molecule has 80 valence electrons. The molecule has 1 N–H and O–H groups in total. The van der Waals surface area contributed by atoms with Gasteiger partial charge in [0.05, 0.1) is 0 Å². The molecule has 0 aliphatic carbocycles. The fourth-order valence-corrected chi connectivity index (χ4v) is 2.28. The van der Waals surface area contributed by atoms with Gasteiger partial charge in [0.25, 0.3) is 0 Å². The molecule has 0 radical (unpaired) electrons. The summed E-state index contributed by atoms with van der Waals surface area (Å²) in [6, 6.07) is 0.647. The normalized spacial score (nSPS) is 21.8. The van der Waals surface area contributed by atoms with Crippen molar-refractivity contribution in [2.24, 2.45) is 0 Å².